The van der Waals surface area contributed by atoms with Crippen molar-refractivity contribution in [3.63, 3.8) is 0 Å². The number of thioether (sulfide) groups is 1. The minimum atomic E-state index is 0.0903. The van der Waals surface area contributed by atoms with Crippen LogP contribution in [0.5, 0.6) is 0 Å². The summed E-state index contributed by atoms with van der Waals surface area (Å²) < 4.78 is 0. The molecule has 1 aliphatic rings. The molecule has 0 unspecified atom stereocenters. The maximum absolute atomic E-state index is 12.6. The summed E-state index contributed by atoms with van der Waals surface area (Å²) in [5.74, 6) is 1.96. The number of benzene rings is 1. The largest absolute Gasteiger partial charge is 0.356 e. The van der Waals surface area contributed by atoms with E-state index in [4.69, 9.17) is 0 Å². The molecular weight excluding hydrogens is 320 g/mol. The van der Waals surface area contributed by atoms with Crippen molar-refractivity contribution < 1.29 is 4.79 Å². The second kappa shape index (κ2) is 10.2. The van der Waals surface area contributed by atoms with Crippen molar-refractivity contribution in [2.24, 2.45) is 4.99 Å². The summed E-state index contributed by atoms with van der Waals surface area (Å²) in [5.41, 5.74) is 2.31. The average Bonchev–Trinajstić information content (AvgIpc) is 2.63. The van der Waals surface area contributed by atoms with Crippen LogP contribution in [0.3, 0.4) is 0 Å². The number of nitrogens with one attached hydrogen (secondary N) is 2. The number of carbonyl (C=O) groups is 1. The standard InChI is InChI=1S/C18H28N4OS/c1-19-18(20-11-5-6-13-24-2)21-14-17(23)22-12-7-9-15-8-3-4-10-16(15)22/h3-4,8,10H,5-7,9,11-14H2,1-2H3,(H2,19,20,21). The number of unbranched alkanes of at least 4 members (excludes halogenated alkanes) is 1. The predicted octanol–water partition coefficient (Wildman–Crippen LogP) is 2.27. The van der Waals surface area contributed by atoms with Crippen LogP contribution in [0.1, 0.15) is 24.8 Å². The van der Waals surface area contributed by atoms with Crippen molar-refractivity contribution in [3.8, 4) is 0 Å². The van der Waals surface area contributed by atoms with E-state index in [1.165, 1.54) is 17.7 Å². The fourth-order valence-corrected chi connectivity index (χ4v) is 3.34. The van der Waals surface area contributed by atoms with Crippen LogP contribution in [0.2, 0.25) is 0 Å². The van der Waals surface area contributed by atoms with Crippen LogP contribution < -0.4 is 15.5 Å². The van der Waals surface area contributed by atoms with Gasteiger partial charge in [0.2, 0.25) is 5.91 Å². The predicted molar refractivity (Wildman–Crippen MR) is 104 cm³/mol. The summed E-state index contributed by atoms with van der Waals surface area (Å²) >= 11 is 1.87. The summed E-state index contributed by atoms with van der Waals surface area (Å²) in [4.78, 5) is 18.6. The fraction of sp³-hybridized carbons (Fsp3) is 0.556. The minimum absolute atomic E-state index is 0.0903. The lowest BCUT2D eigenvalue weighted by atomic mass is 10.0. The first-order chi connectivity index (χ1) is 11.8. The van der Waals surface area contributed by atoms with Gasteiger partial charge in [-0.1, -0.05) is 18.2 Å². The van der Waals surface area contributed by atoms with Crippen LogP contribution >= 0.6 is 11.8 Å². The zero-order valence-electron chi connectivity index (χ0n) is 14.7. The molecule has 0 aliphatic carbocycles. The quantitative estimate of drug-likeness (QED) is 0.451. The Hall–Kier alpha value is -1.69. The Bertz CT molecular complexity index is 562. The molecule has 1 aromatic rings. The number of guanidine groups is 1. The van der Waals surface area contributed by atoms with Gasteiger partial charge in [0.15, 0.2) is 5.96 Å². The number of para-hydroxylation sites is 1. The second-order valence-corrected chi connectivity index (χ2v) is 6.82. The van der Waals surface area contributed by atoms with Gasteiger partial charge in [-0.2, -0.15) is 11.8 Å². The molecular formula is C18H28N4OS. The summed E-state index contributed by atoms with van der Waals surface area (Å²) in [7, 11) is 1.73. The molecule has 0 spiro atoms. The molecule has 6 heteroatoms. The van der Waals surface area contributed by atoms with E-state index < -0.39 is 0 Å². The van der Waals surface area contributed by atoms with E-state index >= 15 is 0 Å². The van der Waals surface area contributed by atoms with E-state index in [2.05, 4.69) is 27.9 Å². The SMILES string of the molecule is CN=C(NCCCCSC)NCC(=O)N1CCCc2ccccc21. The van der Waals surface area contributed by atoms with Crippen molar-refractivity contribution in [1.29, 1.82) is 0 Å². The number of amides is 1. The van der Waals surface area contributed by atoms with Crippen molar-refractivity contribution in [1.82, 2.24) is 10.6 Å². The number of rotatable bonds is 7. The first-order valence-corrected chi connectivity index (χ1v) is 9.97. The van der Waals surface area contributed by atoms with Gasteiger partial charge >= 0.3 is 0 Å². The minimum Gasteiger partial charge on any atom is -0.356 e. The number of aryl methyl sites for hydroxylation is 1. The molecule has 24 heavy (non-hydrogen) atoms. The molecule has 0 atom stereocenters. The lowest BCUT2D eigenvalue weighted by Gasteiger charge is -2.29. The number of fused-ring (bicyclic) bond motifs is 1. The Labute approximate surface area is 149 Å². The smallest absolute Gasteiger partial charge is 0.246 e. The molecule has 1 aromatic carbocycles. The van der Waals surface area contributed by atoms with E-state index in [0.717, 1.165) is 38.0 Å². The molecule has 1 amide bonds. The van der Waals surface area contributed by atoms with Gasteiger partial charge in [0.1, 0.15) is 0 Å². The molecule has 1 heterocycles. The zero-order valence-corrected chi connectivity index (χ0v) is 15.5. The van der Waals surface area contributed by atoms with Crippen molar-refractivity contribution in [2.45, 2.75) is 25.7 Å². The maximum atomic E-state index is 12.6. The zero-order chi connectivity index (χ0) is 17.2. The van der Waals surface area contributed by atoms with Crippen LogP contribution in [-0.2, 0) is 11.2 Å². The normalized spacial score (nSPS) is 14.2. The molecule has 0 saturated heterocycles. The van der Waals surface area contributed by atoms with E-state index in [9.17, 15) is 4.79 Å². The summed E-state index contributed by atoms with van der Waals surface area (Å²) in [6.07, 6.45) is 6.49. The number of aliphatic imine (C=N–C) groups is 1. The van der Waals surface area contributed by atoms with E-state index in [1.807, 2.05) is 34.9 Å². The highest BCUT2D eigenvalue weighted by Crippen LogP contribution is 2.26. The summed E-state index contributed by atoms with van der Waals surface area (Å²) in [6, 6.07) is 8.17. The van der Waals surface area contributed by atoms with Gasteiger partial charge in [-0.25, -0.2) is 0 Å². The van der Waals surface area contributed by atoms with Crippen molar-refractivity contribution in [3.05, 3.63) is 29.8 Å². The highest BCUT2D eigenvalue weighted by Gasteiger charge is 2.21. The lowest BCUT2D eigenvalue weighted by molar-refractivity contribution is -0.117. The summed E-state index contributed by atoms with van der Waals surface area (Å²) in [6.45, 7) is 1.93. The number of carbonyl (C=O) groups excluding carboxylic acids is 1. The third-order valence-corrected chi connectivity index (χ3v) is 4.81. The van der Waals surface area contributed by atoms with Gasteiger partial charge < -0.3 is 15.5 Å². The molecule has 0 aromatic heterocycles. The summed E-state index contributed by atoms with van der Waals surface area (Å²) in [5, 5.41) is 6.40. The van der Waals surface area contributed by atoms with Gasteiger partial charge in [0.05, 0.1) is 6.54 Å². The van der Waals surface area contributed by atoms with E-state index in [0.29, 0.717) is 5.96 Å². The third-order valence-electron chi connectivity index (χ3n) is 4.11. The lowest BCUT2D eigenvalue weighted by Crippen LogP contribution is -2.46. The molecule has 0 saturated carbocycles. The first kappa shape index (κ1) is 18.6. The monoisotopic (exact) mass is 348 g/mol. The van der Waals surface area contributed by atoms with Gasteiger partial charge in [0.25, 0.3) is 0 Å². The Morgan fingerprint density at radius 1 is 1.29 bits per heavy atom. The maximum Gasteiger partial charge on any atom is 0.246 e. The molecule has 132 valence electrons. The molecule has 5 nitrogen and oxygen atoms in total. The van der Waals surface area contributed by atoms with Crippen molar-refractivity contribution in [2.75, 3.05) is 43.6 Å². The van der Waals surface area contributed by atoms with E-state index in [1.54, 1.807) is 7.05 Å². The van der Waals surface area contributed by atoms with Gasteiger partial charge in [0, 0.05) is 25.8 Å². The van der Waals surface area contributed by atoms with Gasteiger partial charge in [-0.15, -0.1) is 0 Å². The number of hydrogen-bond donors (Lipinski definition) is 2. The topological polar surface area (TPSA) is 56.7 Å². The van der Waals surface area contributed by atoms with Crippen LogP contribution in [0.25, 0.3) is 0 Å². The Morgan fingerprint density at radius 3 is 2.92 bits per heavy atom. The van der Waals surface area contributed by atoms with Gasteiger partial charge in [-0.05, 0) is 49.3 Å². The molecule has 2 rings (SSSR count). The Balaban J connectivity index is 1.80. The van der Waals surface area contributed by atoms with Crippen molar-refractivity contribution >= 4 is 29.3 Å². The second-order valence-electron chi connectivity index (χ2n) is 5.83. The Kier molecular flexibility index (Phi) is 7.95. The molecule has 1 aliphatic heterocycles. The van der Waals surface area contributed by atoms with Crippen LogP contribution in [0.15, 0.2) is 29.3 Å². The third kappa shape index (κ3) is 5.44. The highest BCUT2D eigenvalue weighted by atomic mass is 32.2. The number of anilines is 1. The molecule has 0 fully saturated rings. The molecule has 0 bridgehead atoms. The number of nitrogens with zero attached hydrogens (tertiary/aromatic N) is 2. The Morgan fingerprint density at radius 2 is 2.12 bits per heavy atom. The molecule has 0 radical (unpaired) electrons. The van der Waals surface area contributed by atoms with Crippen LogP contribution in [-0.4, -0.2) is 50.6 Å². The highest BCUT2D eigenvalue weighted by molar-refractivity contribution is 7.98. The number of hydrogen-bond acceptors (Lipinski definition) is 3. The average molecular weight is 349 g/mol. The van der Waals surface area contributed by atoms with E-state index in [-0.39, 0.29) is 12.5 Å². The molecule has 2 N–H and O–H groups in total. The first-order valence-electron chi connectivity index (χ1n) is 8.58. The van der Waals surface area contributed by atoms with Crippen LogP contribution in [0.4, 0.5) is 5.69 Å². The van der Waals surface area contributed by atoms with Crippen LogP contribution in [0, 0.1) is 0 Å². The van der Waals surface area contributed by atoms with Gasteiger partial charge in [-0.3, -0.25) is 9.79 Å². The fourth-order valence-electron chi connectivity index (χ4n) is 2.85.